The molecule has 0 aliphatic heterocycles. The first kappa shape index (κ1) is 32.6. The van der Waals surface area contributed by atoms with Gasteiger partial charge in [-0.3, -0.25) is 0 Å². The van der Waals surface area contributed by atoms with Crippen molar-refractivity contribution in [3.8, 4) is 22.3 Å². The van der Waals surface area contributed by atoms with E-state index in [0.29, 0.717) is 0 Å². The van der Waals surface area contributed by atoms with Gasteiger partial charge in [0.15, 0.2) is 0 Å². The van der Waals surface area contributed by atoms with Crippen LogP contribution >= 0.6 is 0 Å². The van der Waals surface area contributed by atoms with Gasteiger partial charge in [-0.1, -0.05) is 160 Å². The van der Waals surface area contributed by atoms with Gasteiger partial charge in [0.25, 0.3) is 0 Å². The summed E-state index contributed by atoms with van der Waals surface area (Å²) in [4.78, 5) is 0. The minimum absolute atomic E-state index is 0. The first-order chi connectivity index (χ1) is 24.8. The quantitative estimate of drug-likeness (QED) is 0.171. The van der Waals surface area contributed by atoms with Crippen LogP contribution < -0.4 is 0 Å². The van der Waals surface area contributed by atoms with Crippen molar-refractivity contribution >= 4 is 76.2 Å². The summed E-state index contributed by atoms with van der Waals surface area (Å²) in [5.74, 6) is 0. The molecule has 0 aliphatic rings. The summed E-state index contributed by atoms with van der Waals surface area (Å²) in [5, 5.41) is 12.4. The highest BCUT2D eigenvalue weighted by molar-refractivity contribution is 6.28. The molecule has 0 bridgehead atoms. The molecule has 0 aliphatic carbocycles. The van der Waals surface area contributed by atoms with E-state index in [1.807, 2.05) is 24.3 Å². The maximum absolute atomic E-state index is 6.12. The van der Waals surface area contributed by atoms with Gasteiger partial charge in [0, 0.05) is 21.5 Å². The summed E-state index contributed by atoms with van der Waals surface area (Å²) in [6, 6.07) is 63.8. The van der Waals surface area contributed by atoms with E-state index in [0.717, 1.165) is 33.1 Å². The second kappa shape index (κ2) is 13.2. The van der Waals surface area contributed by atoms with Crippen LogP contribution in [0.1, 0.15) is 14.9 Å². The monoisotopic (exact) mass is 670 g/mol. The van der Waals surface area contributed by atoms with Crippen molar-refractivity contribution < 1.29 is 8.83 Å². The molecule has 0 unspecified atom stereocenters. The molecule has 0 N–H and O–H groups in total. The van der Waals surface area contributed by atoms with E-state index in [-0.39, 0.29) is 14.9 Å². The van der Waals surface area contributed by atoms with Gasteiger partial charge in [0.1, 0.15) is 22.3 Å². The molecule has 2 aromatic heterocycles. The fourth-order valence-electron chi connectivity index (χ4n) is 7.62. The lowest BCUT2D eigenvalue weighted by molar-refractivity contribution is 0.669. The van der Waals surface area contributed by atoms with Crippen LogP contribution in [0, 0.1) is 0 Å². The Morgan fingerprint density at radius 2 is 0.635 bits per heavy atom. The second-order valence-corrected chi connectivity index (χ2v) is 12.8. The van der Waals surface area contributed by atoms with Crippen molar-refractivity contribution in [2.75, 3.05) is 0 Å². The molecular formula is C50H38O2. The Balaban J connectivity index is 0.000000143. The Morgan fingerprint density at radius 3 is 1.23 bits per heavy atom. The molecule has 0 radical (unpaired) electrons. The average molecular weight is 671 g/mol. The fourth-order valence-corrected chi connectivity index (χ4v) is 7.62. The Kier molecular flexibility index (Phi) is 8.29. The summed E-state index contributed by atoms with van der Waals surface area (Å²) < 4.78 is 12.1. The average Bonchev–Trinajstić information content (AvgIpc) is 3.75. The van der Waals surface area contributed by atoms with Gasteiger partial charge in [-0.15, -0.1) is 0 Å². The van der Waals surface area contributed by atoms with Crippen molar-refractivity contribution in [3.63, 3.8) is 0 Å². The number of hydrogen-bond acceptors (Lipinski definition) is 2. The van der Waals surface area contributed by atoms with E-state index in [1.165, 1.54) is 65.3 Å². The summed E-state index contributed by atoms with van der Waals surface area (Å²) in [6.07, 6.45) is 0. The van der Waals surface area contributed by atoms with Crippen LogP contribution in [0.3, 0.4) is 0 Å². The van der Waals surface area contributed by atoms with Gasteiger partial charge in [0.05, 0.1) is 0 Å². The van der Waals surface area contributed by atoms with E-state index in [1.54, 1.807) is 0 Å². The van der Waals surface area contributed by atoms with Gasteiger partial charge >= 0.3 is 0 Å². The van der Waals surface area contributed by atoms with Crippen LogP contribution in [-0.2, 0) is 0 Å². The molecule has 250 valence electrons. The smallest absolute Gasteiger partial charge is 0.136 e. The predicted octanol–water partition coefficient (Wildman–Crippen LogP) is 15.2. The van der Waals surface area contributed by atoms with Gasteiger partial charge in [0.2, 0.25) is 0 Å². The van der Waals surface area contributed by atoms with E-state index < -0.39 is 0 Å². The summed E-state index contributed by atoms with van der Waals surface area (Å²) >= 11 is 0. The zero-order valence-corrected chi connectivity index (χ0v) is 27.1. The number of furan rings is 2. The topological polar surface area (TPSA) is 26.3 Å². The van der Waals surface area contributed by atoms with E-state index in [2.05, 4.69) is 158 Å². The predicted molar refractivity (Wildman–Crippen MR) is 224 cm³/mol. The lowest BCUT2D eigenvalue weighted by atomic mass is 9.93. The molecule has 0 saturated heterocycles. The molecule has 0 amide bonds. The Morgan fingerprint density at radius 1 is 0.231 bits per heavy atom. The van der Waals surface area contributed by atoms with Crippen molar-refractivity contribution in [2.24, 2.45) is 0 Å². The SMILES string of the molecule is C.C.c1ccc(-c2ccccc2-c2ccc3oc4ccccc4c3c2)cc1.c1ccc2c(c1)oc1cc3c4ccccc4c4ccccc4c3cc12. The third-order valence-electron chi connectivity index (χ3n) is 9.94. The summed E-state index contributed by atoms with van der Waals surface area (Å²) in [5.41, 5.74) is 8.69. The summed E-state index contributed by atoms with van der Waals surface area (Å²) in [7, 11) is 0. The molecule has 11 rings (SSSR count). The number of para-hydroxylation sites is 2. The van der Waals surface area contributed by atoms with Crippen LogP contribution in [0.4, 0.5) is 0 Å². The molecule has 11 aromatic rings. The summed E-state index contributed by atoms with van der Waals surface area (Å²) in [6.45, 7) is 0. The molecule has 0 spiro atoms. The van der Waals surface area contributed by atoms with Gasteiger partial charge in [-0.2, -0.15) is 0 Å². The number of fused-ring (bicyclic) bond motifs is 12. The minimum atomic E-state index is 0. The molecule has 9 aromatic carbocycles. The number of rotatable bonds is 2. The third kappa shape index (κ3) is 5.28. The fraction of sp³-hybridized carbons (Fsp3) is 0.0400. The lowest BCUT2D eigenvalue weighted by Gasteiger charge is -2.10. The number of hydrogen-bond donors (Lipinski definition) is 0. The highest BCUT2D eigenvalue weighted by Crippen LogP contribution is 2.40. The van der Waals surface area contributed by atoms with Crippen molar-refractivity contribution in [1.82, 2.24) is 0 Å². The van der Waals surface area contributed by atoms with E-state index in [9.17, 15) is 0 Å². The molecule has 0 saturated carbocycles. The highest BCUT2D eigenvalue weighted by atomic mass is 16.3. The van der Waals surface area contributed by atoms with Gasteiger partial charge < -0.3 is 8.83 Å². The Bertz CT molecular complexity index is 3040. The first-order valence-electron chi connectivity index (χ1n) is 17.0. The van der Waals surface area contributed by atoms with Crippen molar-refractivity contribution in [3.05, 3.63) is 182 Å². The van der Waals surface area contributed by atoms with Crippen molar-refractivity contribution in [2.45, 2.75) is 14.9 Å². The van der Waals surface area contributed by atoms with Crippen molar-refractivity contribution in [1.29, 1.82) is 0 Å². The second-order valence-electron chi connectivity index (χ2n) is 12.8. The normalized spacial score (nSPS) is 11.2. The number of benzene rings is 9. The van der Waals surface area contributed by atoms with E-state index >= 15 is 0 Å². The van der Waals surface area contributed by atoms with Gasteiger partial charge in [-0.25, -0.2) is 0 Å². The van der Waals surface area contributed by atoms with Crippen LogP contribution in [0.2, 0.25) is 0 Å². The highest BCUT2D eigenvalue weighted by Gasteiger charge is 2.14. The first-order valence-corrected chi connectivity index (χ1v) is 17.0. The zero-order chi connectivity index (χ0) is 33.0. The Hall–Kier alpha value is -6.64. The van der Waals surface area contributed by atoms with Crippen LogP contribution in [0.25, 0.3) is 98.4 Å². The molecule has 2 heteroatoms. The van der Waals surface area contributed by atoms with Crippen LogP contribution in [0.15, 0.2) is 191 Å². The standard InChI is InChI=1S/C24H14O.C24H16O.2CH4/c1-3-9-17-15(7-1)16-8-2-4-10-18(16)21-14-24-22(13-20(17)21)19-11-5-6-12-23(19)25-24;1-2-8-17(9-3-1)19-10-4-5-11-20(19)18-14-15-24-22(16-18)21-12-6-7-13-23(21)25-24;;/h1-14H;1-16H;2*1H4. The van der Waals surface area contributed by atoms with Crippen LogP contribution in [0.5, 0.6) is 0 Å². The Labute approximate surface area is 303 Å². The molecule has 0 fully saturated rings. The maximum Gasteiger partial charge on any atom is 0.136 e. The molecule has 2 heterocycles. The molecule has 52 heavy (non-hydrogen) atoms. The molecule has 2 nitrogen and oxygen atoms in total. The maximum atomic E-state index is 6.12. The van der Waals surface area contributed by atoms with Crippen LogP contribution in [-0.4, -0.2) is 0 Å². The minimum Gasteiger partial charge on any atom is -0.456 e. The van der Waals surface area contributed by atoms with Gasteiger partial charge in [-0.05, 0) is 91.0 Å². The molecular weight excluding hydrogens is 633 g/mol. The largest absolute Gasteiger partial charge is 0.456 e. The van der Waals surface area contributed by atoms with E-state index in [4.69, 9.17) is 8.83 Å². The third-order valence-corrected chi connectivity index (χ3v) is 9.94. The zero-order valence-electron chi connectivity index (χ0n) is 27.1. The lowest BCUT2D eigenvalue weighted by Crippen LogP contribution is -1.84. The molecule has 0 atom stereocenters.